The first-order valence-corrected chi connectivity index (χ1v) is 6.47. The molecule has 3 nitrogen and oxygen atoms in total. The van der Waals surface area contributed by atoms with Crippen molar-refractivity contribution in [3.8, 4) is 11.1 Å². The Kier molecular flexibility index (Phi) is 2.74. The predicted octanol–water partition coefficient (Wildman–Crippen LogP) is 3.45. The van der Waals surface area contributed by atoms with Crippen LogP contribution < -0.4 is 0 Å². The van der Waals surface area contributed by atoms with Crippen molar-refractivity contribution in [1.82, 2.24) is 4.90 Å². The number of benzene rings is 1. The van der Waals surface area contributed by atoms with Crippen LogP contribution in [0.5, 0.6) is 0 Å². The van der Waals surface area contributed by atoms with Gasteiger partial charge in [-0.1, -0.05) is 17.3 Å². The number of fused-ring (bicyclic) bond motifs is 1. The summed E-state index contributed by atoms with van der Waals surface area (Å²) in [5, 5.41) is 7.19. The number of nitrogens with zero attached hydrogens (tertiary/aromatic N) is 2. The van der Waals surface area contributed by atoms with Crippen LogP contribution in [0.3, 0.4) is 0 Å². The smallest absolute Gasteiger partial charge is 0.134 e. The summed E-state index contributed by atoms with van der Waals surface area (Å²) >= 11 is 1.71. The third-order valence-corrected chi connectivity index (χ3v) is 3.79. The maximum Gasteiger partial charge on any atom is 0.134 e. The Morgan fingerprint density at radius 3 is 2.82 bits per heavy atom. The maximum absolute atomic E-state index is 10.3. The molecule has 1 aliphatic heterocycles. The van der Waals surface area contributed by atoms with Crippen LogP contribution in [0.25, 0.3) is 11.1 Å². The zero-order valence-electron chi connectivity index (χ0n) is 9.30. The minimum absolute atomic E-state index is 0.280. The molecule has 0 N–H and O–H groups in total. The Hall–Kier alpha value is -1.52. The highest BCUT2D eigenvalue weighted by atomic mass is 32.1. The summed E-state index contributed by atoms with van der Waals surface area (Å²) in [4.78, 5) is 12.3. The highest BCUT2D eigenvalue weighted by Gasteiger charge is 2.19. The van der Waals surface area contributed by atoms with Crippen LogP contribution in [-0.2, 0) is 13.1 Å². The lowest BCUT2D eigenvalue weighted by molar-refractivity contribution is 0.293. The fourth-order valence-corrected chi connectivity index (χ4v) is 2.92. The molecule has 0 saturated heterocycles. The van der Waals surface area contributed by atoms with Crippen molar-refractivity contribution < 1.29 is 0 Å². The zero-order chi connectivity index (χ0) is 11.7. The SMILES string of the molecule is O=NCN1Cc2ccc(-c3ccsc3)cc2C1. The Morgan fingerprint density at radius 1 is 1.18 bits per heavy atom. The monoisotopic (exact) mass is 244 g/mol. The van der Waals surface area contributed by atoms with Gasteiger partial charge < -0.3 is 0 Å². The van der Waals surface area contributed by atoms with Gasteiger partial charge >= 0.3 is 0 Å². The van der Waals surface area contributed by atoms with Gasteiger partial charge in [-0.2, -0.15) is 11.3 Å². The lowest BCUT2D eigenvalue weighted by Gasteiger charge is -2.07. The molecule has 0 radical (unpaired) electrons. The minimum atomic E-state index is 0.280. The van der Waals surface area contributed by atoms with E-state index in [0.717, 1.165) is 13.1 Å². The molecule has 0 atom stereocenters. The normalized spacial score (nSPS) is 14.8. The Labute approximate surface area is 104 Å². The molecule has 1 aromatic carbocycles. The number of thiophene rings is 1. The molecule has 2 heterocycles. The summed E-state index contributed by atoms with van der Waals surface area (Å²) in [6.07, 6.45) is 0. The van der Waals surface area contributed by atoms with Gasteiger partial charge in [-0.3, -0.25) is 4.90 Å². The van der Waals surface area contributed by atoms with Crippen LogP contribution in [0, 0.1) is 4.91 Å². The highest BCUT2D eigenvalue weighted by Crippen LogP contribution is 2.29. The van der Waals surface area contributed by atoms with Gasteiger partial charge in [0.25, 0.3) is 0 Å². The molecule has 0 saturated carbocycles. The van der Waals surface area contributed by atoms with Gasteiger partial charge in [0.1, 0.15) is 6.67 Å². The van der Waals surface area contributed by atoms with Crippen LogP contribution in [-0.4, -0.2) is 11.6 Å². The minimum Gasteiger partial charge on any atom is -0.273 e. The summed E-state index contributed by atoms with van der Waals surface area (Å²) in [6.45, 7) is 1.95. The molecule has 86 valence electrons. The number of hydrogen-bond acceptors (Lipinski definition) is 4. The van der Waals surface area contributed by atoms with Gasteiger partial charge in [0, 0.05) is 13.1 Å². The predicted molar refractivity (Wildman–Crippen MR) is 69.7 cm³/mol. The lowest BCUT2D eigenvalue weighted by atomic mass is 10.0. The van der Waals surface area contributed by atoms with Gasteiger partial charge in [0.05, 0.1) is 0 Å². The van der Waals surface area contributed by atoms with Crippen LogP contribution in [0.2, 0.25) is 0 Å². The summed E-state index contributed by atoms with van der Waals surface area (Å²) in [6, 6.07) is 8.67. The molecule has 0 unspecified atom stereocenters. The lowest BCUT2D eigenvalue weighted by Crippen LogP contribution is -2.15. The van der Waals surface area contributed by atoms with Crippen molar-refractivity contribution in [2.75, 3.05) is 6.67 Å². The Morgan fingerprint density at radius 2 is 2.06 bits per heavy atom. The van der Waals surface area contributed by atoms with Crippen molar-refractivity contribution >= 4 is 11.3 Å². The van der Waals surface area contributed by atoms with E-state index in [0.29, 0.717) is 0 Å². The maximum atomic E-state index is 10.3. The second-order valence-electron chi connectivity index (χ2n) is 4.25. The van der Waals surface area contributed by atoms with Crippen LogP contribution in [0.4, 0.5) is 0 Å². The quantitative estimate of drug-likeness (QED) is 0.775. The average molecular weight is 244 g/mol. The molecule has 0 aliphatic carbocycles. The Balaban J connectivity index is 1.90. The van der Waals surface area contributed by atoms with E-state index in [1.165, 1.54) is 22.3 Å². The van der Waals surface area contributed by atoms with Crippen LogP contribution >= 0.6 is 11.3 Å². The van der Waals surface area contributed by atoms with E-state index in [2.05, 4.69) is 45.1 Å². The Bertz CT molecular complexity index is 536. The fraction of sp³-hybridized carbons (Fsp3) is 0.231. The molecule has 1 aromatic heterocycles. The summed E-state index contributed by atoms with van der Waals surface area (Å²) in [5.41, 5.74) is 5.15. The molecule has 3 rings (SSSR count). The van der Waals surface area contributed by atoms with E-state index >= 15 is 0 Å². The molecule has 1 aliphatic rings. The van der Waals surface area contributed by atoms with E-state index in [9.17, 15) is 4.91 Å². The molecule has 0 amide bonds. The van der Waals surface area contributed by atoms with Gasteiger partial charge in [0.15, 0.2) is 0 Å². The van der Waals surface area contributed by atoms with Crippen molar-refractivity contribution in [2.24, 2.45) is 5.18 Å². The third kappa shape index (κ3) is 2.01. The van der Waals surface area contributed by atoms with Crippen molar-refractivity contribution in [1.29, 1.82) is 0 Å². The van der Waals surface area contributed by atoms with Gasteiger partial charge in [-0.15, -0.1) is 4.91 Å². The zero-order valence-corrected chi connectivity index (χ0v) is 10.1. The number of rotatable bonds is 3. The van der Waals surface area contributed by atoms with E-state index < -0.39 is 0 Å². The standard InChI is InChI=1S/C13H12N2OS/c16-14-9-15-6-11-2-1-10(5-13(11)7-15)12-3-4-17-8-12/h1-5,8H,6-7,9H2. The van der Waals surface area contributed by atoms with Crippen molar-refractivity contribution in [3.05, 3.63) is 51.1 Å². The van der Waals surface area contributed by atoms with Crippen molar-refractivity contribution in [3.63, 3.8) is 0 Å². The van der Waals surface area contributed by atoms with E-state index in [1.807, 2.05) is 0 Å². The average Bonchev–Trinajstić information content (AvgIpc) is 2.96. The number of nitroso groups, excluding NO2 is 1. The van der Waals surface area contributed by atoms with Gasteiger partial charge in [-0.05, 0) is 45.1 Å². The summed E-state index contributed by atoms with van der Waals surface area (Å²) in [5.74, 6) is 0. The fourth-order valence-electron chi connectivity index (χ4n) is 2.26. The first-order chi connectivity index (χ1) is 8.36. The topological polar surface area (TPSA) is 32.7 Å². The van der Waals surface area contributed by atoms with Crippen molar-refractivity contribution in [2.45, 2.75) is 13.1 Å². The van der Waals surface area contributed by atoms with Crippen LogP contribution in [0.15, 0.2) is 40.2 Å². The van der Waals surface area contributed by atoms with E-state index in [-0.39, 0.29) is 6.67 Å². The summed E-state index contributed by atoms with van der Waals surface area (Å²) in [7, 11) is 0. The molecular weight excluding hydrogens is 232 g/mol. The second kappa shape index (κ2) is 4.39. The van der Waals surface area contributed by atoms with Gasteiger partial charge in [0.2, 0.25) is 0 Å². The second-order valence-corrected chi connectivity index (χ2v) is 5.03. The molecule has 0 bridgehead atoms. The number of hydrogen-bond donors (Lipinski definition) is 0. The summed E-state index contributed by atoms with van der Waals surface area (Å²) < 4.78 is 0. The molecule has 0 fully saturated rings. The first kappa shape index (κ1) is 10.6. The van der Waals surface area contributed by atoms with Gasteiger partial charge in [-0.25, -0.2) is 0 Å². The molecule has 4 heteroatoms. The molecule has 0 spiro atoms. The van der Waals surface area contributed by atoms with E-state index in [4.69, 9.17) is 0 Å². The molecular formula is C13H12N2OS. The van der Waals surface area contributed by atoms with E-state index in [1.54, 1.807) is 11.3 Å². The first-order valence-electron chi connectivity index (χ1n) is 5.52. The third-order valence-electron chi connectivity index (χ3n) is 3.11. The molecule has 2 aromatic rings. The largest absolute Gasteiger partial charge is 0.273 e. The highest BCUT2D eigenvalue weighted by molar-refractivity contribution is 7.08. The molecule has 17 heavy (non-hydrogen) atoms. The van der Waals surface area contributed by atoms with Crippen LogP contribution in [0.1, 0.15) is 11.1 Å².